The van der Waals surface area contributed by atoms with Crippen molar-refractivity contribution in [2.24, 2.45) is 0 Å². The van der Waals surface area contributed by atoms with Crippen LogP contribution >= 0.6 is 0 Å². The number of hydrogen-bond donors (Lipinski definition) is 1. The molecule has 4 nitrogen and oxygen atoms in total. The van der Waals surface area contributed by atoms with Crippen molar-refractivity contribution in [1.82, 2.24) is 15.1 Å². The van der Waals surface area contributed by atoms with Gasteiger partial charge >= 0.3 is 0 Å². The van der Waals surface area contributed by atoms with E-state index in [0.29, 0.717) is 24.4 Å². The molecule has 2 aliphatic heterocycles. The number of hydrogen-bond acceptors (Lipinski definition) is 3. The van der Waals surface area contributed by atoms with Crippen LogP contribution in [0.15, 0.2) is 0 Å². The fourth-order valence-corrected chi connectivity index (χ4v) is 3.35. The molecule has 2 fully saturated rings. The van der Waals surface area contributed by atoms with Gasteiger partial charge < -0.3 is 15.1 Å². The van der Waals surface area contributed by atoms with E-state index >= 15 is 0 Å². The van der Waals surface area contributed by atoms with Crippen molar-refractivity contribution in [3.8, 4) is 0 Å². The molecule has 0 saturated carbocycles. The Hall–Kier alpha value is -0.610. The lowest BCUT2D eigenvalue weighted by molar-refractivity contribution is -0.134. The van der Waals surface area contributed by atoms with Crippen LogP contribution < -0.4 is 5.32 Å². The fourth-order valence-electron chi connectivity index (χ4n) is 3.35. The van der Waals surface area contributed by atoms with Gasteiger partial charge in [-0.3, -0.25) is 4.79 Å². The summed E-state index contributed by atoms with van der Waals surface area (Å²) >= 11 is 0. The third kappa shape index (κ3) is 4.18. The van der Waals surface area contributed by atoms with E-state index in [2.05, 4.69) is 29.1 Å². The van der Waals surface area contributed by atoms with E-state index in [1.165, 1.54) is 12.8 Å². The molecule has 2 rings (SSSR count). The molecule has 0 spiro atoms. The first-order valence-corrected chi connectivity index (χ1v) is 7.92. The molecule has 0 aromatic carbocycles. The van der Waals surface area contributed by atoms with Gasteiger partial charge in [-0.1, -0.05) is 13.3 Å². The van der Waals surface area contributed by atoms with E-state index in [4.69, 9.17) is 0 Å². The number of carbonyl (C=O) groups is 1. The van der Waals surface area contributed by atoms with Crippen molar-refractivity contribution in [2.45, 2.75) is 57.5 Å². The second-order valence-electron chi connectivity index (χ2n) is 6.12. The predicted molar refractivity (Wildman–Crippen MR) is 78.2 cm³/mol. The van der Waals surface area contributed by atoms with E-state index < -0.39 is 0 Å². The zero-order valence-corrected chi connectivity index (χ0v) is 12.5. The molecule has 2 heterocycles. The van der Waals surface area contributed by atoms with Crippen molar-refractivity contribution < 1.29 is 4.79 Å². The summed E-state index contributed by atoms with van der Waals surface area (Å²) in [5, 5.41) is 3.49. The van der Waals surface area contributed by atoms with E-state index in [1.807, 2.05) is 0 Å². The minimum absolute atomic E-state index is 0.363. The van der Waals surface area contributed by atoms with Crippen molar-refractivity contribution in [3.05, 3.63) is 0 Å². The highest BCUT2D eigenvalue weighted by atomic mass is 16.2. The molecule has 1 amide bonds. The molecule has 1 N–H and O–H groups in total. The number of nitrogens with zero attached hydrogens (tertiary/aromatic N) is 2. The molecule has 110 valence electrons. The molecular weight excluding hydrogens is 238 g/mol. The summed E-state index contributed by atoms with van der Waals surface area (Å²) in [4.78, 5) is 17.1. The molecule has 2 unspecified atom stereocenters. The van der Waals surface area contributed by atoms with Gasteiger partial charge in [0.2, 0.25) is 5.91 Å². The van der Waals surface area contributed by atoms with Crippen LogP contribution in [-0.2, 0) is 4.79 Å². The summed E-state index contributed by atoms with van der Waals surface area (Å²) < 4.78 is 0. The van der Waals surface area contributed by atoms with Crippen LogP contribution in [0, 0.1) is 0 Å². The summed E-state index contributed by atoms with van der Waals surface area (Å²) in [6.45, 7) is 6.36. The van der Waals surface area contributed by atoms with Gasteiger partial charge in [0.05, 0.1) is 0 Å². The molecule has 0 aromatic heterocycles. The fraction of sp³-hybridized carbons (Fsp3) is 0.933. The van der Waals surface area contributed by atoms with E-state index in [9.17, 15) is 4.79 Å². The summed E-state index contributed by atoms with van der Waals surface area (Å²) in [6, 6.07) is 0.823. The van der Waals surface area contributed by atoms with Gasteiger partial charge in [0.15, 0.2) is 0 Å². The summed E-state index contributed by atoms with van der Waals surface area (Å²) in [6.07, 6.45) is 6.56. The second-order valence-corrected chi connectivity index (χ2v) is 6.12. The highest BCUT2D eigenvalue weighted by Crippen LogP contribution is 2.16. The quantitative estimate of drug-likeness (QED) is 0.841. The molecule has 2 atom stereocenters. The molecule has 0 radical (unpaired) electrons. The SMILES string of the molecule is CCC1CN(C)CCCN1C(=O)CC1CCCCN1. The lowest BCUT2D eigenvalue weighted by Crippen LogP contribution is -2.46. The lowest BCUT2D eigenvalue weighted by atomic mass is 10.0. The third-order valence-electron chi connectivity index (χ3n) is 4.53. The maximum Gasteiger partial charge on any atom is 0.224 e. The molecular formula is C15H29N3O. The van der Waals surface area contributed by atoms with Gasteiger partial charge in [0.25, 0.3) is 0 Å². The van der Waals surface area contributed by atoms with Crippen LogP contribution in [0.1, 0.15) is 45.4 Å². The smallest absolute Gasteiger partial charge is 0.224 e. The Bertz CT molecular complexity index is 289. The molecule has 0 bridgehead atoms. The van der Waals surface area contributed by atoms with Crippen molar-refractivity contribution in [1.29, 1.82) is 0 Å². The Balaban J connectivity index is 1.91. The number of carbonyl (C=O) groups excluding carboxylic acids is 1. The van der Waals surface area contributed by atoms with E-state index in [-0.39, 0.29) is 0 Å². The van der Waals surface area contributed by atoms with Crippen LogP contribution in [0.4, 0.5) is 0 Å². The highest BCUT2D eigenvalue weighted by Gasteiger charge is 2.27. The zero-order chi connectivity index (χ0) is 13.7. The van der Waals surface area contributed by atoms with Gasteiger partial charge in [-0.15, -0.1) is 0 Å². The zero-order valence-electron chi connectivity index (χ0n) is 12.5. The monoisotopic (exact) mass is 267 g/mol. The predicted octanol–water partition coefficient (Wildman–Crippen LogP) is 1.46. The Morgan fingerprint density at radius 3 is 2.79 bits per heavy atom. The first kappa shape index (κ1) is 14.8. The van der Waals surface area contributed by atoms with Gasteiger partial charge in [-0.2, -0.15) is 0 Å². The average molecular weight is 267 g/mol. The summed E-state index contributed by atoms with van der Waals surface area (Å²) in [5.74, 6) is 0.363. The average Bonchev–Trinajstić information content (AvgIpc) is 2.61. The molecule has 2 saturated heterocycles. The first-order chi connectivity index (χ1) is 9.20. The normalized spacial score (nSPS) is 30.1. The maximum atomic E-state index is 12.6. The van der Waals surface area contributed by atoms with Crippen molar-refractivity contribution in [3.63, 3.8) is 0 Å². The van der Waals surface area contributed by atoms with Crippen LogP contribution in [0.2, 0.25) is 0 Å². The Labute approximate surface area is 117 Å². The standard InChI is InChI=1S/C15H29N3O/c1-3-14-12-17(2)9-6-10-18(14)15(19)11-13-7-4-5-8-16-13/h13-14,16H,3-12H2,1-2H3. The summed E-state index contributed by atoms with van der Waals surface area (Å²) in [7, 11) is 2.17. The van der Waals surface area contributed by atoms with Crippen molar-refractivity contribution >= 4 is 5.91 Å². The first-order valence-electron chi connectivity index (χ1n) is 7.92. The Morgan fingerprint density at radius 2 is 2.11 bits per heavy atom. The van der Waals surface area contributed by atoms with E-state index in [1.54, 1.807) is 0 Å². The van der Waals surface area contributed by atoms with Crippen LogP contribution in [0.3, 0.4) is 0 Å². The van der Waals surface area contributed by atoms with Crippen LogP contribution in [0.25, 0.3) is 0 Å². The molecule has 4 heteroatoms. The van der Waals surface area contributed by atoms with Gasteiger partial charge in [-0.25, -0.2) is 0 Å². The molecule has 0 aliphatic carbocycles. The molecule has 0 aromatic rings. The van der Waals surface area contributed by atoms with Gasteiger partial charge in [-0.05, 0) is 45.8 Å². The highest BCUT2D eigenvalue weighted by molar-refractivity contribution is 5.77. The maximum absolute atomic E-state index is 12.6. The Morgan fingerprint density at radius 1 is 1.26 bits per heavy atom. The second kappa shape index (κ2) is 7.25. The topological polar surface area (TPSA) is 35.6 Å². The van der Waals surface area contributed by atoms with Gasteiger partial charge in [0.1, 0.15) is 0 Å². The minimum Gasteiger partial charge on any atom is -0.338 e. The van der Waals surface area contributed by atoms with E-state index in [0.717, 1.165) is 45.4 Å². The minimum atomic E-state index is 0.363. The van der Waals surface area contributed by atoms with Crippen molar-refractivity contribution in [2.75, 3.05) is 33.2 Å². The number of amides is 1. The molecule has 2 aliphatic rings. The Kier molecular flexibility index (Phi) is 5.64. The number of rotatable bonds is 3. The molecule has 19 heavy (non-hydrogen) atoms. The van der Waals surface area contributed by atoms with Crippen LogP contribution in [0.5, 0.6) is 0 Å². The lowest BCUT2D eigenvalue weighted by Gasteiger charge is -2.32. The number of nitrogens with one attached hydrogen (secondary N) is 1. The van der Waals surface area contributed by atoms with Gasteiger partial charge in [0, 0.05) is 31.6 Å². The summed E-state index contributed by atoms with van der Waals surface area (Å²) in [5.41, 5.74) is 0. The van der Waals surface area contributed by atoms with Crippen LogP contribution in [-0.4, -0.2) is 61.0 Å². The largest absolute Gasteiger partial charge is 0.338 e. The third-order valence-corrected chi connectivity index (χ3v) is 4.53. The number of likely N-dealkylation sites (N-methyl/N-ethyl adjacent to an activating group) is 1. The number of piperidine rings is 1.